The van der Waals surface area contributed by atoms with Gasteiger partial charge in [-0.2, -0.15) is 5.10 Å². The van der Waals surface area contributed by atoms with Gasteiger partial charge in [-0.1, -0.05) is 53.7 Å². The van der Waals surface area contributed by atoms with Gasteiger partial charge in [0.2, 0.25) is 0 Å². The molecule has 2 rings (SSSR count). The fourth-order valence-corrected chi connectivity index (χ4v) is 2.37. The molecule has 0 atom stereocenters. The van der Waals surface area contributed by atoms with Crippen molar-refractivity contribution in [2.24, 2.45) is 0 Å². The van der Waals surface area contributed by atoms with Crippen molar-refractivity contribution < 1.29 is 9.90 Å². The Labute approximate surface area is 143 Å². The summed E-state index contributed by atoms with van der Waals surface area (Å²) in [6.45, 7) is 13.0. The van der Waals surface area contributed by atoms with Crippen molar-refractivity contribution in [1.29, 1.82) is 0 Å². The largest absolute Gasteiger partial charge is 0.478 e. The third kappa shape index (κ3) is 4.13. The van der Waals surface area contributed by atoms with Crippen LogP contribution < -0.4 is 0 Å². The SMILES string of the molecule is CC(C)(C)c1cc(C(C)(C)C)n(-c2ccc(/C=C/C(=O)O)cc2)n1. The lowest BCUT2D eigenvalue weighted by Gasteiger charge is -2.20. The zero-order valence-electron chi connectivity index (χ0n) is 15.3. The number of aliphatic carboxylic acids is 1. The number of nitrogens with zero attached hydrogens (tertiary/aromatic N) is 2. The van der Waals surface area contributed by atoms with Crippen LogP contribution in [0.15, 0.2) is 36.4 Å². The van der Waals surface area contributed by atoms with Gasteiger partial charge in [-0.25, -0.2) is 9.48 Å². The van der Waals surface area contributed by atoms with E-state index in [1.165, 1.54) is 0 Å². The van der Waals surface area contributed by atoms with Crippen molar-refractivity contribution in [2.75, 3.05) is 0 Å². The lowest BCUT2D eigenvalue weighted by atomic mass is 9.88. The number of rotatable bonds is 3. The van der Waals surface area contributed by atoms with Gasteiger partial charge in [0.15, 0.2) is 0 Å². The summed E-state index contributed by atoms with van der Waals surface area (Å²) < 4.78 is 1.99. The van der Waals surface area contributed by atoms with Gasteiger partial charge in [-0.05, 0) is 29.8 Å². The Kier molecular flexibility index (Phi) is 4.70. The van der Waals surface area contributed by atoms with Gasteiger partial charge < -0.3 is 5.11 Å². The highest BCUT2D eigenvalue weighted by atomic mass is 16.4. The number of benzene rings is 1. The molecule has 0 radical (unpaired) electrons. The van der Waals surface area contributed by atoms with E-state index < -0.39 is 5.97 Å². The smallest absolute Gasteiger partial charge is 0.328 e. The molecule has 0 saturated heterocycles. The van der Waals surface area contributed by atoms with Crippen molar-refractivity contribution in [3.05, 3.63) is 53.4 Å². The second-order valence-electron chi connectivity index (χ2n) is 8.09. The van der Waals surface area contributed by atoms with Crippen molar-refractivity contribution in [1.82, 2.24) is 9.78 Å². The van der Waals surface area contributed by atoms with Gasteiger partial charge in [-0.3, -0.25) is 0 Å². The zero-order valence-corrected chi connectivity index (χ0v) is 15.3. The Balaban J connectivity index is 2.47. The van der Waals surface area contributed by atoms with Gasteiger partial charge in [0, 0.05) is 22.6 Å². The monoisotopic (exact) mass is 326 g/mol. The van der Waals surface area contributed by atoms with Crippen molar-refractivity contribution in [2.45, 2.75) is 52.4 Å². The molecular formula is C20H26N2O2. The Bertz CT molecular complexity index is 754. The van der Waals surface area contributed by atoms with Crippen LogP contribution >= 0.6 is 0 Å². The minimum Gasteiger partial charge on any atom is -0.478 e. The average molecular weight is 326 g/mol. The molecule has 1 N–H and O–H groups in total. The highest BCUT2D eigenvalue weighted by Crippen LogP contribution is 2.30. The van der Waals surface area contributed by atoms with Gasteiger partial charge in [0.05, 0.1) is 11.4 Å². The maximum atomic E-state index is 10.6. The van der Waals surface area contributed by atoms with Crippen molar-refractivity contribution in [3.8, 4) is 5.69 Å². The molecule has 0 aliphatic carbocycles. The van der Waals surface area contributed by atoms with Crippen LogP contribution in [0, 0.1) is 0 Å². The fourth-order valence-electron chi connectivity index (χ4n) is 2.37. The zero-order chi connectivity index (χ0) is 18.1. The lowest BCUT2D eigenvalue weighted by molar-refractivity contribution is -0.131. The van der Waals surface area contributed by atoms with E-state index in [-0.39, 0.29) is 10.8 Å². The van der Waals surface area contributed by atoms with Crippen LogP contribution in [0.2, 0.25) is 0 Å². The van der Waals surface area contributed by atoms with Crippen LogP contribution in [0.4, 0.5) is 0 Å². The first-order valence-corrected chi connectivity index (χ1v) is 8.11. The van der Waals surface area contributed by atoms with Crippen LogP contribution in [0.3, 0.4) is 0 Å². The first-order chi connectivity index (χ1) is 11.0. The highest BCUT2D eigenvalue weighted by molar-refractivity contribution is 5.85. The van der Waals surface area contributed by atoms with E-state index in [1.807, 2.05) is 28.9 Å². The summed E-state index contributed by atoms with van der Waals surface area (Å²) in [6, 6.07) is 9.92. The highest BCUT2D eigenvalue weighted by Gasteiger charge is 2.26. The minimum absolute atomic E-state index is 0.0184. The van der Waals surface area contributed by atoms with E-state index in [9.17, 15) is 4.79 Å². The molecule has 128 valence electrons. The molecule has 4 heteroatoms. The molecule has 2 aromatic rings. The normalized spacial score (nSPS) is 12.8. The topological polar surface area (TPSA) is 55.1 Å². The summed E-state index contributed by atoms with van der Waals surface area (Å²) >= 11 is 0. The Morgan fingerprint density at radius 1 is 1.04 bits per heavy atom. The van der Waals surface area contributed by atoms with Gasteiger partial charge >= 0.3 is 5.97 Å². The van der Waals surface area contributed by atoms with Crippen molar-refractivity contribution in [3.63, 3.8) is 0 Å². The van der Waals surface area contributed by atoms with Gasteiger partial charge in [-0.15, -0.1) is 0 Å². The summed E-state index contributed by atoms with van der Waals surface area (Å²) in [6.07, 6.45) is 2.72. The number of carboxylic acid groups (broad SMARTS) is 1. The van der Waals surface area contributed by atoms with Crippen LogP contribution in [0.5, 0.6) is 0 Å². The summed E-state index contributed by atoms with van der Waals surface area (Å²) in [5.41, 5.74) is 3.99. The summed E-state index contributed by atoms with van der Waals surface area (Å²) in [5.74, 6) is -0.948. The average Bonchev–Trinajstić information content (AvgIpc) is 2.91. The molecule has 0 unspecified atom stereocenters. The first-order valence-electron chi connectivity index (χ1n) is 8.11. The Morgan fingerprint density at radius 3 is 2.08 bits per heavy atom. The molecule has 1 aromatic heterocycles. The third-order valence-corrected chi connectivity index (χ3v) is 3.80. The van der Waals surface area contributed by atoms with Crippen LogP contribution in [-0.4, -0.2) is 20.9 Å². The van der Waals surface area contributed by atoms with Crippen LogP contribution in [0.1, 0.15) is 58.5 Å². The second-order valence-corrected chi connectivity index (χ2v) is 8.09. The Morgan fingerprint density at radius 2 is 1.62 bits per heavy atom. The molecule has 0 saturated carbocycles. The molecule has 0 aliphatic heterocycles. The van der Waals surface area contributed by atoms with Crippen LogP contribution in [0.25, 0.3) is 11.8 Å². The minimum atomic E-state index is -0.948. The van der Waals surface area contributed by atoms with E-state index in [1.54, 1.807) is 6.08 Å². The standard InChI is InChI=1S/C20H26N2O2/c1-19(2,3)16-13-17(20(4,5)6)22(21-16)15-10-7-14(8-11-15)9-12-18(23)24/h7-13H,1-6H3,(H,23,24)/b12-9+. The quantitative estimate of drug-likeness (QED) is 0.841. The summed E-state index contributed by atoms with van der Waals surface area (Å²) in [5, 5.41) is 13.5. The number of hydrogen-bond donors (Lipinski definition) is 1. The number of aromatic nitrogens is 2. The molecule has 0 fully saturated rings. The molecule has 0 spiro atoms. The molecule has 1 aromatic carbocycles. The van der Waals surface area contributed by atoms with Crippen LogP contribution in [-0.2, 0) is 15.6 Å². The molecular weight excluding hydrogens is 300 g/mol. The number of carboxylic acids is 1. The third-order valence-electron chi connectivity index (χ3n) is 3.80. The molecule has 0 amide bonds. The molecule has 1 heterocycles. The molecule has 24 heavy (non-hydrogen) atoms. The van der Waals surface area contributed by atoms with E-state index in [0.717, 1.165) is 28.7 Å². The van der Waals surface area contributed by atoms with E-state index in [2.05, 4.69) is 47.6 Å². The first kappa shape index (κ1) is 18.0. The summed E-state index contributed by atoms with van der Waals surface area (Å²) in [7, 11) is 0. The lowest BCUT2D eigenvalue weighted by Crippen LogP contribution is -2.17. The predicted octanol–water partition coefficient (Wildman–Crippen LogP) is 4.57. The van der Waals surface area contributed by atoms with Gasteiger partial charge in [0.25, 0.3) is 0 Å². The molecule has 0 bridgehead atoms. The van der Waals surface area contributed by atoms with Gasteiger partial charge in [0.1, 0.15) is 0 Å². The van der Waals surface area contributed by atoms with E-state index in [4.69, 9.17) is 10.2 Å². The second kappa shape index (κ2) is 6.27. The maximum Gasteiger partial charge on any atom is 0.328 e. The van der Waals surface area contributed by atoms with Crippen molar-refractivity contribution >= 4 is 12.0 Å². The summed E-state index contributed by atoms with van der Waals surface area (Å²) in [4.78, 5) is 10.6. The molecule has 4 nitrogen and oxygen atoms in total. The molecule has 0 aliphatic rings. The fraction of sp³-hybridized carbons (Fsp3) is 0.400. The Hall–Kier alpha value is -2.36. The number of hydrogen-bond acceptors (Lipinski definition) is 2. The van der Waals surface area contributed by atoms with E-state index in [0.29, 0.717) is 0 Å². The van der Waals surface area contributed by atoms with E-state index >= 15 is 0 Å². The predicted molar refractivity (Wildman–Crippen MR) is 97.6 cm³/mol. The number of carbonyl (C=O) groups is 1. The maximum absolute atomic E-state index is 10.6.